The Labute approximate surface area is 232 Å². The van der Waals surface area contributed by atoms with Crippen molar-refractivity contribution in [3.8, 4) is 11.8 Å². The number of anilines is 1. The number of halogens is 2. The number of hydrogen-bond acceptors (Lipinski definition) is 7. The first kappa shape index (κ1) is 27.3. The van der Waals surface area contributed by atoms with Crippen molar-refractivity contribution in [2.75, 3.05) is 38.1 Å². The van der Waals surface area contributed by atoms with E-state index in [1.54, 1.807) is 47.9 Å². The fourth-order valence-corrected chi connectivity index (χ4v) is 6.17. The molecule has 1 atom stereocenters. The molecule has 1 aliphatic rings. The van der Waals surface area contributed by atoms with Crippen LogP contribution in [0, 0.1) is 5.82 Å². The first-order valence-electron chi connectivity index (χ1n) is 12.7. The molecule has 206 valence electrons. The molecule has 0 amide bonds. The Morgan fingerprint density at radius 1 is 1.08 bits per heavy atom. The van der Waals surface area contributed by atoms with Gasteiger partial charge in [0, 0.05) is 49.2 Å². The van der Waals surface area contributed by atoms with Crippen molar-refractivity contribution < 1.29 is 17.5 Å². The lowest BCUT2D eigenvalue weighted by Gasteiger charge is -2.34. The topological polar surface area (TPSA) is 92.6 Å². The van der Waals surface area contributed by atoms with Gasteiger partial charge in [0.05, 0.1) is 16.6 Å². The van der Waals surface area contributed by atoms with Gasteiger partial charge in [-0.1, -0.05) is 34.9 Å². The molecule has 0 saturated carbocycles. The van der Waals surface area contributed by atoms with E-state index in [0.29, 0.717) is 41.9 Å². The van der Waals surface area contributed by atoms with Crippen molar-refractivity contribution in [2.24, 2.45) is 0 Å². The van der Waals surface area contributed by atoms with Crippen molar-refractivity contribution >= 4 is 38.1 Å². The van der Waals surface area contributed by atoms with Gasteiger partial charge >= 0.3 is 6.01 Å². The molecule has 0 spiro atoms. The Morgan fingerprint density at radius 3 is 2.59 bits per heavy atom. The molecular weight excluding hydrogens is 543 g/mol. The van der Waals surface area contributed by atoms with E-state index in [1.807, 2.05) is 24.9 Å². The highest BCUT2D eigenvalue weighted by atomic mass is 35.5. The van der Waals surface area contributed by atoms with Gasteiger partial charge in [-0.3, -0.25) is 4.57 Å². The van der Waals surface area contributed by atoms with Crippen LogP contribution in [-0.2, 0) is 16.6 Å². The Hall–Kier alpha value is -3.25. The van der Waals surface area contributed by atoms with Gasteiger partial charge < -0.3 is 14.5 Å². The molecule has 1 aliphatic heterocycles. The van der Waals surface area contributed by atoms with Gasteiger partial charge in [-0.25, -0.2) is 17.5 Å². The highest BCUT2D eigenvalue weighted by Crippen LogP contribution is 2.30. The van der Waals surface area contributed by atoms with Crippen LogP contribution >= 0.6 is 11.6 Å². The molecule has 1 saturated heterocycles. The summed E-state index contributed by atoms with van der Waals surface area (Å²) in [5.74, 6) is 0.492. The number of nitrogens with zero attached hydrogens (tertiary/aromatic N) is 5. The standard InChI is InChI=1S/C27H30ClFN6O3S/c1-4-35-26(18(2)32-39(36,37)21-9-10-22-19(16-21)6-5-7-23(22)28)30-31-27(35)38-20-8-11-24(29)25(17-20)34-14-12-33(3)13-15-34/h5-11,16-18,32H,4,12-15H2,1-3H3/t18-/m1/s1. The van der Waals surface area contributed by atoms with Gasteiger partial charge in [0.1, 0.15) is 11.6 Å². The second kappa shape index (κ2) is 11.1. The van der Waals surface area contributed by atoms with Crippen LogP contribution in [0.5, 0.6) is 11.8 Å². The van der Waals surface area contributed by atoms with Crippen molar-refractivity contribution in [2.45, 2.75) is 31.3 Å². The number of ether oxygens (including phenoxy) is 1. The molecule has 5 rings (SSSR count). The quantitative estimate of drug-likeness (QED) is 0.323. The Morgan fingerprint density at radius 2 is 1.85 bits per heavy atom. The number of hydrogen-bond donors (Lipinski definition) is 1. The molecular formula is C27H30ClFN6O3S. The molecule has 4 aromatic rings. The third-order valence-corrected chi connectivity index (χ3v) is 8.73. The number of piperazine rings is 1. The van der Waals surface area contributed by atoms with Crippen LogP contribution < -0.4 is 14.4 Å². The predicted octanol–water partition coefficient (Wildman–Crippen LogP) is 4.83. The fourth-order valence-electron chi connectivity index (χ4n) is 4.69. The molecule has 1 N–H and O–H groups in total. The smallest absolute Gasteiger partial charge is 0.322 e. The summed E-state index contributed by atoms with van der Waals surface area (Å²) in [7, 11) is -1.84. The summed E-state index contributed by atoms with van der Waals surface area (Å²) in [5, 5.41) is 10.4. The summed E-state index contributed by atoms with van der Waals surface area (Å²) in [6.45, 7) is 7.14. The number of rotatable bonds is 8. The molecule has 9 nitrogen and oxygen atoms in total. The van der Waals surface area contributed by atoms with Crippen molar-refractivity contribution in [3.63, 3.8) is 0 Å². The first-order valence-corrected chi connectivity index (χ1v) is 14.6. The highest BCUT2D eigenvalue weighted by Gasteiger charge is 2.25. The van der Waals surface area contributed by atoms with Crippen LogP contribution in [0.15, 0.2) is 59.5 Å². The summed E-state index contributed by atoms with van der Waals surface area (Å²) in [6.07, 6.45) is 0. The largest absolute Gasteiger partial charge is 0.424 e. The molecule has 0 aliphatic carbocycles. The summed E-state index contributed by atoms with van der Waals surface area (Å²) in [5.41, 5.74) is 0.473. The number of sulfonamides is 1. The average Bonchev–Trinajstić information content (AvgIpc) is 3.32. The Balaban J connectivity index is 1.35. The lowest BCUT2D eigenvalue weighted by Crippen LogP contribution is -2.44. The second-order valence-electron chi connectivity index (χ2n) is 9.56. The molecule has 0 bridgehead atoms. The van der Waals surface area contributed by atoms with Gasteiger partial charge in [0.2, 0.25) is 10.0 Å². The first-order chi connectivity index (χ1) is 18.7. The van der Waals surface area contributed by atoms with Gasteiger partial charge in [-0.15, -0.1) is 5.10 Å². The maximum absolute atomic E-state index is 14.6. The lowest BCUT2D eigenvalue weighted by atomic mass is 10.1. The summed E-state index contributed by atoms with van der Waals surface area (Å²) >= 11 is 6.23. The molecule has 2 heterocycles. The lowest BCUT2D eigenvalue weighted by molar-refractivity contribution is 0.311. The monoisotopic (exact) mass is 572 g/mol. The van der Waals surface area contributed by atoms with E-state index in [9.17, 15) is 12.8 Å². The second-order valence-corrected chi connectivity index (χ2v) is 11.7. The van der Waals surface area contributed by atoms with E-state index in [2.05, 4.69) is 19.8 Å². The SMILES string of the molecule is CCn1c(Oc2ccc(F)c(N3CCN(C)CC3)c2)nnc1[C@@H](C)NS(=O)(=O)c1ccc2c(Cl)cccc2c1. The number of fused-ring (bicyclic) bond motifs is 1. The highest BCUT2D eigenvalue weighted by molar-refractivity contribution is 7.89. The van der Waals surface area contributed by atoms with Crippen molar-refractivity contribution in [1.82, 2.24) is 24.4 Å². The summed E-state index contributed by atoms with van der Waals surface area (Å²) in [6, 6.07) is 14.2. The fraction of sp³-hybridized carbons (Fsp3) is 0.333. The number of likely N-dealkylation sites (N-methyl/N-ethyl adjacent to an activating group) is 1. The van der Waals surface area contributed by atoms with Crippen molar-refractivity contribution in [3.05, 3.63) is 71.3 Å². The molecule has 1 fully saturated rings. The van der Waals surface area contributed by atoms with Crippen LogP contribution in [0.4, 0.5) is 10.1 Å². The third-order valence-electron chi connectivity index (χ3n) is 6.86. The van der Waals surface area contributed by atoms with E-state index in [-0.39, 0.29) is 16.7 Å². The Kier molecular flexibility index (Phi) is 7.77. The zero-order valence-corrected chi connectivity index (χ0v) is 23.5. The van der Waals surface area contributed by atoms with E-state index in [4.69, 9.17) is 16.3 Å². The van der Waals surface area contributed by atoms with E-state index >= 15 is 0 Å². The van der Waals surface area contributed by atoms with Crippen LogP contribution in [0.1, 0.15) is 25.7 Å². The zero-order chi connectivity index (χ0) is 27.7. The molecule has 39 heavy (non-hydrogen) atoms. The Bertz CT molecular complexity index is 1600. The van der Waals surface area contributed by atoms with E-state index in [1.165, 1.54) is 12.1 Å². The zero-order valence-electron chi connectivity index (χ0n) is 21.9. The van der Waals surface area contributed by atoms with Gasteiger partial charge in [-0.2, -0.15) is 0 Å². The minimum Gasteiger partial charge on any atom is -0.424 e. The molecule has 3 aromatic carbocycles. The number of nitrogens with one attached hydrogen (secondary N) is 1. The average molecular weight is 573 g/mol. The predicted molar refractivity (Wildman–Crippen MR) is 150 cm³/mol. The third kappa shape index (κ3) is 5.72. The number of benzene rings is 3. The van der Waals surface area contributed by atoms with E-state index in [0.717, 1.165) is 23.9 Å². The van der Waals surface area contributed by atoms with Gasteiger partial charge in [0.15, 0.2) is 5.82 Å². The minimum atomic E-state index is -3.88. The normalized spacial score (nSPS) is 15.6. The van der Waals surface area contributed by atoms with Crippen LogP contribution in [0.2, 0.25) is 5.02 Å². The molecule has 0 radical (unpaired) electrons. The number of aromatic nitrogens is 3. The van der Waals surface area contributed by atoms with Crippen molar-refractivity contribution in [1.29, 1.82) is 0 Å². The minimum absolute atomic E-state index is 0.117. The van der Waals surface area contributed by atoms with E-state index < -0.39 is 16.1 Å². The maximum Gasteiger partial charge on any atom is 0.322 e. The summed E-state index contributed by atoms with van der Waals surface area (Å²) < 4.78 is 51.4. The van der Waals surface area contributed by atoms with Gasteiger partial charge in [0.25, 0.3) is 0 Å². The molecule has 0 unspecified atom stereocenters. The van der Waals surface area contributed by atoms with Crippen LogP contribution in [0.25, 0.3) is 10.8 Å². The van der Waals surface area contributed by atoms with Crippen LogP contribution in [0.3, 0.4) is 0 Å². The van der Waals surface area contributed by atoms with Crippen LogP contribution in [-0.4, -0.2) is 61.3 Å². The van der Waals surface area contributed by atoms with Gasteiger partial charge in [-0.05, 0) is 56.6 Å². The maximum atomic E-state index is 14.6. The summed E-state index contributed by atoms with van der Waals surface area (Å²) in [4.78, 5) is 4.31. The molecule has 12 heteroatoms. The molecule has 1 aromatic heterocycles.